The van der Waals surface area contributed by atoms with Crippen molar-refractivity contribution in [3.63, 3.8) is 0 Å². The smallest absolute Gasteiger partial charge is 0.263 e. The molecule has 0 bridgehead atoms. The van der Waals surface area contributed by atoms with Gasteiger partial charge in [-0.2, -0.15) is 4.31 Å². The van der Waals surface area contributed by atoms with Crippen LogP contribution in [0.2, 0.25) is 0 Å². The Bertz CT molecular complexity index is 591. The molecule has 1 saturated heterocycles. The van der Waals surface area contributed by atoms with E-state index in [4.69, 9.17) is 18.0 Å². The summed E-state index contributed by atoms with van der Waals surface area (Å²) in [4.78, 5) is 3.92. The fraction of sp³-hybridized carbons (Fsp3) is 0.455. The summed E-state index contributed by atoms with van der Waals surface area (Å²) in [6, 6.07) is 2.43. The van der Waals surface area contributed by atoms with Gasteiger partial charge in [-0.3, -0.25) is 0 Å². The first-order valence-corrected chi connectivity index (χ1v) is 7.67. The van der Waals surface area contributed by atoms with E-state index in [2.05, 4.69) is 4.98 Å². The number of halogens is 1. The number of sulfonamides is 1. The highest BCUT2D eigenvalue weighted by atomic mass is 32.2. The Kier molecular flexibility index (Phi) is 4.12. The lowest BCUT2D eigenvalue weighted by atomic mass is 10.0. The first-order valence-electron chi connectivity index (χ1n) is 5.83. The number of aromatic nitrogens is 1. The van der Waals surface area contributed by atoms with Crippen molar-refractivity contribution in [2.24, 2.45) is 11.7 Å². The Hall–Kier alpha value is -1.12. The van der Waals surface area contributed by atoms with E-state index in [0.29, 0.717) is 18.0 Å². The van der Waals surface area contributed by atoms with Gasteiger partial charge in [0.15, 0.2) is 5.82 Å². The molecule has 0 aromatic carbocycles. The molecule has 2 heterocycles. The minimum Gasteiger partial charge on any atom is -0.393 e. The molecule has 2 rings (SSSR count). The van der Waals surface area contributed by atoms with Gasteiger partial charge in [0.2, 0.25) is 5.03 Å². The molecule has 104 valence electrons. The van der Waals surface area contributed by atoms with Gasteiger partial charge in [0.25, 0.3) is 10.0 Å². The SMILES string of the molecule is NC(=S)C1CCCN(S(=O)(=O)c2ncccc2F)C1. The van der Waals surface area contributed by atoms with Gasteiger partial charge in [-0.05, 0) is 25.0 Å². The average molecular weight is 303 g/mol. The lowest BCUT2D eigenvalue weighted by molar-refractivity contribution is 0.310. The summed E-state index contributed by atoms with van der Waals surface area (Å²) in [5, 5.41) is -0.543. The lowest BCUT2D eigenvalue weighted by Gasteiger charge is -2.30. The van der Waals surface area contributed by atoms with Crippen LogP contribution in [0.15, 0.2) is 23.4 Å². The number of nitrogens with two attached hydrogens (primary N) is 1. The molecule has 1 aliphatic heterocycles. The number of pyridine rings is 1. The molecule has 1 aliphatic rings. The van der Waals surface area contributed by atoms with Crippen LogP contribution in [0.1, 0.15) is 12.8 Å². The Morgan fingerprint density at radius 2 is 2.32 bits per heavy atom. The van der Waals surface area contributed by atoms with Gasteiger partial charge in [-0.15, -0.1) is 0 Å². The Morgan fingerprint density at radius 1 is 1.58 bits per heavy atom. The summed E-state index contributed by atoms with van der Waals surface area (Å²) in [5.41, 5.74) is 5.56. The number of hydrogen-bond acceptors (Lipinski definition) is 4. The molecule has 0 saturated carbocycles. The summed E-state index contributed by atoms with van der Waals surface area (Å²) in [5.74, 6) is -1.01. The van der Waals surface area contributed by atoms with Crippen LogP contribution in [-0.2, 0) is 10.0 Å². The molecule has 19 heavy (non-hydrogen) atoms. The number of rotatable bonds is 3. The van der Waals surface area contributed by atoms with E-state index < -0.39 is 20.9 Å². The van der Waals surface area contributed by atoms with E-state index in [-0.39, 0.29) is 12.5 Å². The van der Waals surface area contributed by atoms with E-state index in [0.717, 1.165) is 12.5 Å². The van der Waals surface area contributed by atoms with E-state index in [1.807, 2.05) is 0 Å². The number of piperidine rings is 1. The molecule has 5 nitrogen and oxygen atoms in total. The van der Waals surface area contributed by atoms with Crippen molar-refractivity contribution in [3.05, 3.63) is 24.1 Å². The molecule has 8 heteroatoms. The quantitative estimate of drug-likeness (QED) is 0.840. The summed E-state index contributed by atoms with van der Waals surface area (Å²) in [7, 11) is -3.93. The minimum absolute atomic E-state index is 0.162. The van der Waals surface area contributed by atoms with Crippen molar-refractivity contribution in [1.29, 1.82) is 0 Å². The largest absolute Gasteiger partial charge is 0.393 e. The lowest BCUT2D eigenvalue weighted by Crippen LogP contribution is -2.43. The van der Waals surface area contributed by atoms with Crippen molar-refractivity contribution in [3.8, 4) is 0 Å². The molecule has 1 unspecified atom stereocenters. The molecule has 1 aromatic rings. The normalized spacial score (nSPS) is 21.2. The van der Waals surface area contributed by atoms with Crippen LogP contribution in [-0.4, -0.2) is 35.8 Å². The van der Waals surface area contributed by atoms with E-state index in [9.17, 15) is 12.8 Å². The van der Waals surface area contributed by atoms with Crippen molar-refractivity contribution in [1.82, 2.24) is 9.29 Å². The maximum absolute atomic E-state index is 13.6. The topological polar surface area (TPSA) is 76.3 Å². The second-order valence-corrected chi connectivity index (χ2v) is 6.72. The van der Waals surface area contributed by atoms with Crippen LogP contribution < -0.4 is 5.73 Å². The summed E-state index contributed by atoms with van der Waals surface area (Å²) in [6.07, 6.45) is 2.66. The molecule has 1 aromatic heterocycles. The van der Waals surface area contributed by atoms with Crippen molar-refractivity contribution < 1.29 is 12.8 Å². The minimum atomic E-state index is -3.93. The fourth-order valence-electron chi connectivity index (χ4n) is 2.08. The van der Waals surface area contributed by atoms with Crippen molar-refractivity contribution in [2.45, 2.75) is 17.9 Å². The Labute approximate surface area is 116 Å². The van der Waals surface area contributed by atoms with Crippen LogP contribution in [0.4, 0.5) is 4.39 Å². The van der Waals surface area contributed by atoms with Crippen LogP contribution in [0.25, 0.3) is 0 Å². The molecule has 0 amide bonds. The van der Waals surface area contributed by atoms with Gasteiger partial charge in [0.05, 0.1) is 4.99 Å². The second kappa shape index (κ2) is 5.48. The predicted octanol–water partition coefficient (Wildman–Crippen LogP) is 0.907. The van der Waals surface area contributed by atoms with Crippen LogP contribution in [0.3, 0.4) is 0 Å². The first kappa shape index (κ1) is 14.3. The Morgan fingerprint density at radius 3 is 2.95 bits per heavy atom. The maximum Gasteiger partial charge on any atom is 0.263 e. The maximum atomic E-state index is 13.6. The number of thiocarbonyl (C=S) groups is 1. The number of nitrogens with zero attached hydrogens (tertiary/aromatic N) is 2. The van der Waals surface area contributed by atoms with Gasteiger partial charge in [0, 0.05) is 25.2 Å². The third kappa shape index (κ3) is 2.90. The van der Waals surface area contributed by atoms with Gasteiger partial charge in [0.1, 0.15) is 0 Å². The third-order valence-electron chi connectivity index (χ3n) is 3.10. The summed E-state index contributed by atoms with van der Waals surface area (Å²) < 4.78 is 39.4. The monoisotopic (exact) mass is 303 g/mol. The van der Waals surface area contributed by atoms with E-state index in [1.165, 1.54) is 16.6 Å². The predicted molar refractivity (Wildman–Crippen MR) is 72.5 cm³/mol. The molecule has 2 N–H and O–H groups in total. The molecule has 0 spiro atoms. The third-order valence-corrected chi connectivity index (χ3v) is 5.23. The highest BCUT2D eigenvalue weighted by Crippen LogP contribution is 2.24. The van der Waals surface area contributed by atoms with Crippen LogP contribution in [0.5, 0.6) is 0 Å². The summed E-state index contributed by atoms with van der Waals surface area (Å²) in [6.45, 7) is 0.519. The summed E-state index contributed by atoms with van der Waals surface area (Å²) >= 11 is 4.90. The average Bonchev–Trinajstić information content (AvgIpc) is 2.39. The van der Waals surface area contributed by atoms with Gasteiger partial charge in [-0.25, -0.2) is 17.8 Å². The van der Waals surface area contributed by atoms with Gasteiger partial charge < -0.3 is 5.73 Å². The standard InChI is InChI=1S/C11H14FN3O2S2/c12-9-4-1-5-14-11(9)19(16,17)15-6-2-3-8(7-15)10(13)18/h1,4-5,8H,2-3,6-7H2,(H2,13,18). The van der Waals surface area contributed by atoms with E-state index in [1.54, 1.807) is 0 Å². The highest BCUT2D eigenvalue weighted by molar-refractivity contribution is 7.89. The Balaban J connectivity index is 2.30. The molecule has 0 aliphatic carbocycles. The molecule has 0 radical (unpaired) electrons. The fourth-order valence-corrected chi connectivity index (χ4v) is 3.77. The van der Waals surface area contributed by atoms with Gasteiger partial charge in [-0.1, -0.05) is 12.2 Å². The first-order chi connectivity index (χ1) is 8.93. The van der Waals surface area contributed by atoms with Crippen molar-refractivity contribution >= 4 is 27.2 Å². The van der Waals surface area contributed by atoms with Crippen LogP contribution >= 0.6 is 12.2 Å². The molecule has 1 atom stereocenters. The zero-order valence-corrected chi connectivity index (χ0v) is 11.8. The zero-order valence-electron chi connectivity index (χ0n) is 10.1. The second-order valence-electron chi connectivity index (χ2n) is 4.39. The van der Waals surface area contributed by atoms with E-state index >= 15 is 0 Å². The molecular weight excluding hydrogens is 289 g/mol. The van der Waals surface area contributed by atoms with Gasteiger partial charge >= 0.3 is 0 Å². The molecular formula is C11H14FN3O2S2. The number of hydrogen-bond donors (Lipinski definition) is 1. The van der Waals surface area contributed by atoms with Crippen molar-refractivity contribution in [2.75, 3.05) is 13.1 Å². The highest BCUT2D eigenvalue weighted by Gasteiger charge is 2.33. The van der Waals surface area contributed by atoms with Crippen LogP contribution in [0, 0.1) is 11.7 Å². The molecule has 1 fully saturated rings. The zero-order chi connectivity index (χ0) is 14.0.